The molecule has 0 aromatic rings. The number of esters is 1. The van der Waals surface area contributed by atoms with E-state index in [-0.39, 0.29) is 17.9 Å². The highest BCUT2D eigenvalue weighted by atomic mass is 16.5. The highest BCUT2D eigenvalue weighted by Gasteiger charge is 2.35. The minimum atomic E-state index is -0.0713. The topological polar surface area (TPSA) is 52.3 Å². The van der Waals surface area contributed by atoms with Crippen molar-refractivity contribution in [1.82, 2.24) is 0 Å². The van der Waals surface area contributed by atoms with Gasteiger partial charge in [0.15, 0.2) is 0 Å². The summed E-state index contributed by atoms with van der Waals surface area (Å²) in [5.74, 6) is 0.358. The lowest BCUT2D eigenvalue weighted by atomic mass is 9.99. The van der Waals surface area contributed by atoms with Crippen molar-refractivity contribution in [2.75, 3.05) is 6.61 Å². The third-order valence-electron chi connectivity index (χ3n) is 2.51. The van der Waals surface area contributed by atoms with Crippen molar-refractivity contribution in [1.29, 1.82) is 0 Å². The molecule has 1 fully saturated rings. The van der Waals surface area contributed by atoms with E-state index in [1.54, 1.807) is 0 Å². The molecule has 1 aliphatic rings. The number of hydrogen-bond acceptors (Lipinski definition) is 3. The van der Waals surface area contributed by atoms with E-state index >= 15 is 0 Å². The summed E-state index contributed by atoms with van der Waals surface area (Å²) in [4.78, 5) is 11.3. The summed E-state index contributed by atoms with van der Waals surface area (Å²) in [5.41, 5.74) is 5.74. The van der Waals surface area contributed by atoms with Crippen LogP contribution in [-0.4, -0.2) is 18.6 Å². The minimum absolute atomic E-state index is 0.0416. The van der Waals surface area contributed by atoms with Gasteiger partial charge >= 0.3 is 5.97 Å². The lowest BCUT2D eigenvalue weighted by Gasteiger charge is -2.12. The fourth-order valence-corrected chi connectivity index (χ4v) is 1.87. The fourth-order valence-electron chi connectivity index (χ4n) is 1.87. The first-order valence-electron chi connectivity index (χ1n) is 4.57. The van der Waals surface area contributed by atoms with Crippen molar-refractivity contribution >= 4 is 5.97 Å². The van der Waals surface area contributed by atoms with Crippen LogP contribution < -0.4 is 5.73 Å². The summed E-state index contributed by atoms with van der Waals surface area (Å²) in [6.45, 7) is 4.36. The average molecular weight is 171 g/mol. The zero-order chi connectivity index (χ0) is 9.14. The lowest BCUT2D eigenvalue weighted by Crippen LogP contribution is -2.21. The molecule has 0 heterocycles. The van der Waals surface area contributed by atoms with Crippen LogP contribution in [-0.2, 0) is 9.53 Å². The Morgan fingerprint density at radius 3 is 2.67 bits per heavy atom. The standard InChI is InChI=1S/C9H17NO2/c1-3-12-9(11)8-5-7(10)4-6(8)2/h6-8H,3-5,10H2,1-2H3. The molecule has 1 rings (SSSR count). The number of carbonyl (C=O) groups excluding carboxylic acids is 1. The van der Waals surface area contributed by atoms with Gasteiger partial charge < -0.3 is 10.5 Å². The van der Waals surface area contributed by atoms with Gasteiger partial charge in [0.25, 0.3) is 0 Å². The van der Waals surface area contributed by atoms with Crippen LogP contribution in [0, 0.1) is 11.8 Å². The number of ether oxygens (including phenoxy) is 1. The predicted molar refractivity (Wildman–Crippen MR) is 46.5 cm³/mol. The molecule has 1 aliphatic carbocycles. The highest BCUT2D eigenvalue weighted by Crippen LogP contribution is 2.31. The van der Waals surface area contributed by atoms with E-state index < -0.39 is 0 Å². The van der Waals surface area contributed by atoms with Crippen LogP contribution in [0.25, 0.3) is 0 Å². The Kier molecular flexibility index (Phi) is 3.09. The Hall–Kier alpha value is -0.570. The zero-order valence-corrected chi connectivity index (χ0v) is 7.75. The van der Waals surface area contributed by atoms with Crippen LogP contribution in [0.15, 0.2) is 0 Å². The van der Waals surface area contributed by atoms with Crippen molar-refractivity contribution in [2.45, 2.75) is 32.7 Å². The van der Waals surface area contributed by atoms with Gasteiger partial charge in [0.1, 0.15) is 0 Å². The Bertz CT molecular complexity index is 170. The van der Waals surface area contributed by atoms with Crippen LogP contribution in [0.2, 0.25) is 0 Å². The molecule has 2 N–H and O–H groups in total. The molecule has 3 atom stereocenters. The van der Waals surface area contributed by atoms with Gasteiger partial charge in [-0.15, -0.1) is 0 Å². The smallest absolute Gasteiger partial charge is 0.309 e. The molecule has 70 valence electrons. The van der Waals surface area contributed by atoms with E-state index in [1.165, 1.54) is 0 Å². The van der Waals surface area contributed by atoms with E-state index in [2.05, 4.69) is 6.92 Å². The molecule has 3 unspecified atom stereocenters. The summed E-state index contributed by atoms with van der Waals surface area (Å²) in [6, 6.07) is 0.189. The van der Waals surface area contributed by atoms with Gasteiger partial charge in [0.05, 0.1) is 12.5 Å². The molecule has 0 aliphatic heterocycles. The van der Waals surface area contributed by atoms with E-state index in [1.807, 2.05) is 6.92 Å². The number of carbonyl (C=O) groups is 1. The van der Waals surface area contributed by atoms with Gasteiger partial charge in [0.2, 0.25) is 0 Å². The third kappa shape index (κ3) is 1.97. The molecule has 0 aromatic heterocycles. The average Bonchev–Trinajstić information content (AvgIpc) is 2.30. The van der Waals surface area contributed by atoms with Gasteiger partial charge in [-0.2, -0.15) is 0 Å². The molecule has 3 nitrogen and oxygen atoms in total. The van der Waals surface area contributed by atoms with Crippen molar-refractivity contribution in [3.63, 3.8) is 0 Å². The molecular formula is C9H17NO2. The Labute approximate surface area is 73.3 Å². The second-order valence-electron chi connectivity index (χ2n) is 3.57. The molecule has 0 radical (unpaired) electrons. The quantitative estimate of drug-likeness (QED) is 0.629. The molecular weight excluding hydrogens is 154 g/mol. The fraction of sp³-hybridized carbons (Fsp3) is 0.889. The monoisotopic (exact) mass is 171 g/mol. The summed E-state index contributed by atoms with van der Waals surface area (Å²) >= 11 is 0. The molecule has 3 heteroatoms. The maximum Gasteiger partial charge on any atom is 0.309 e. The summed E-state index contributed by atoms with van der Waals surface area (Å²) < 4.78 is 4.95. The second kappa shape index (κ2) is 3.90. The van der Waals surface area contributed by atoms with Crippen LogP contribution in [0.1, 0.15) is 26.7 Å². The molecule has 0 spiro atoms. The van der Waals surface area contributed by atoms with Gasteiger partial charge in [-0.25, -0.2) is 0 Å². The maximum absolute atomic E-state index is 11.3. The predicted octanol–water partition coefficient (Wildman–Crippen LogP) is 0.923. The Morgan fingerprint density at radius 2 is 2.25 bits per heavy atom. The zero-order valence-electron chi connectivity index (χ0n) is 7.75. The van der Waals surface area contributed by atoms with Crippen molar-refractivity contribution in [3.8, 4) is 0 Å². The Morgan fingerprint density at radius 1 is 1.58 bits per heavy atom. The van der Waals surface area contributed by atoms with Gasteiger partial charge in [0, 0.05) is 6.04 Å². The van der Waals surface area contributed by atoms with Gasteiger partial charge in [-0.05, 0) is 25.7 Å². The number of nitrogens with two attached hydrogens (primary N) is 1. The van der Waals surface area contributed by atoms with Gasteiger partial charge in [-0.3, -0.25) is 4.79 Å². The summed E-state index contributed by atoms with van der Waals surface area (Å²) in [6.07, 6.45) is 1.74. The molecule has 1 saturated carbocycles. The van der Waals surface area contributed by atoms with Crippen LogP contribution >= 0.6 is 0 Å². The van der Waals surface area contributed by atoms with Gasteiger partial charge in [-0.1, -0.05) is 6.92 Å². The van der Waals surface area contributed by atoms with Crippen molar-refractivity contribution < 1.29 is 9.53 Å². The largest absolute Gasteiger partial charge is 0.466 e. The first kappa shape index (κ1) is 9.52. The SMILES string of the molecule is CCOC(=O)C1CC(N)CC1C. The summed E-state index contributed by atoms with van der Waals surface area (Å²) in [5, 5.41) is 0. The number of hydrogen-bond donors (Lipinski definition) is 1. The Balaban J connectivity index is 2.46. The van der Waals surface area contributed by atoms with Crippen molar-refractivity contribution in [2.24, 2.45) is 17.6 Å². The van der Waals surface area contributed by atoms with E-state index in [0.717, 1.165) is 12.8 Å². The van der Waals surface area contributed by atoms with E-state index in [0.29, 0.717) is 12.5 Å². The van der Waals surface area contributed by atoms with E-state index in [4.69, 9.17) is 10.5 Å². The second-order valence-corrected chi connectivity index (χ2v) is 3.57. The molecule has 12 heavy (non-hydrogen) atoms. The lowest BCUT2D eigenvalue weighted by molar-refractivity contribution is -0.149. The number of rotatable bonds is 2. The first-order chi connectivity index (χ1) is 5.65. The van der Waals surface area contributed by atoms with Crippen LogP contribution in [0.3, 0.4) is 0 Å². The summed E-state index contributed by atoms with van der Waals surface area (Å²) in [7, 11) is 0. The first-order valence-corrected chi connectivity index (χ1v) is 4.57. The normalized spacial score (nSPS) is 35.1. The molecule has 0 bridgehead atoms. The maximum atomic E-state index is 11.3. The molecule has 0 aromatic carbocycles. The van der Waals surface area contributed by atoms with E-state index in [9.17, 15) is 4.79 Å². The molecule has 0 saturated heterocycles. The highest BCUT2D eigenvalue weighted by molar-refractivity contribution is 5.73. The third-order valence-corrected chi connectivity index (χ3v) is 2.51. The van der Waals surface area contributed by atoms with Crippen LogP contribution in [0.4, 0.5) is 0 Å². The minimum Gasteiger partial charge on any atom is -0.466 e. The van der Waals surface area contributed by atoms with Crippen LogP contribution in [0.5, 0.6) is 0 Å². The molecule has 0 amide bonds. The van der Waals surface area contributed by atoms with Crippen molar-refractivity contribution in [3.05, 3.63) is 0 Å².